The second-order valence-corrected chi connectivity index (χ2v) is 6.89. The molecule has 4 rings (SSSR count). The van der Waals surface area contributed by atoms with Gasteiger partial charge < -0.3 is 19.6 Å². The quantitative estimate of drug-likeness (QED) is 0.877. The van der Waals surface area contributed by atoms with Crippen LogP contribution < -0.4 is 10.2 Å². The van der Waals surface area contributed by atoms with E-state index >= 15 is 0 Å². The van der Waals surface area contributed by atoms with Crippen LogP contribution in [0.4, 0.5) is 11.8 Å². The molecule has 0 aromatic carbocycles. The van der Waals surface area contributed by atoms with Crippen LogP contribution in [-0.2, 0) is 0 Å². The van der Waals surface area contributed by atoms with Crippen molar-refractivity contribution in [2.45, 2.75) is 32.6 Å². The second-order valence-electron chi connectivity index (χ2n) is 6.89. The molecule has 0 spiro atoms. The number of anilines is 2. The van der Waals surface area contributed by atoms with Crippen molar-refractivity contribution in [3.05, 3.63) is 29.3 Å². The molecule has 1 N–H and O–H groups in total. The van der Waals surface area contributed by atoms with Crippen molar-refractivity contribution in [3.63, 3.8) is 0 Å². The van der Waals surface area contributed by atoms with E-state index < -0.39 is 0 Å². The van der Waals surface area contributed by atoms with E-state index in [1.165, 1.54) is 0 Å². The van der Waals surface area contributed by atoms with Gasteiger partial charge in [-0.1, -0.05) is 5.16 Å². The molecule has 2 aromatic heterocycles. The highest BCUT2D eigenvalue weighted by Gasteiger charge is 2.31. The molecular formula is C18H24N6O2. The molecule has 0 unspecified atom stereocenters. The molecule has 1 saturated carbocycles. The number of amides is 1. The Hall–Kier alpha value is -2.64. The predicted octanol–water partition coefficient (Wildman–Crippen LogP) is 2.04. The molecule has 138 valence electrons. The van der Waals surface area contributed by atoms with E-state index in [1.54, 1.807) is 6.07 Å². The average Bonchev–Trinajstić information content (AvgIpc) is 3.38. The van der Waals surface area contributed by atoms with Crippen molar-refractivity contribution in [2.75, 3.05) is 42.9 Å². The normalized spacial score (nSPS) is 17.5. The summed E-state index contributed by atoms with van der Waals surface area (Å²) in [6, 6.07) is 3.74. The summed E-state index contributed by atoms with van der Waals surface area (Å²) in [6.07, 6.45) is 2.26. The van der Waals surface area contributed by atoms with Crippen molar-refractivity contribution in [1.29, 1.82) is 0 Å². The molecule has 1 amide bonds. The van der Waals surface area contributed by atoms with Crippen molar-refractivity contribution >= 4 is 17.7 Å². The zero-order valence-electron chi connectivity index (χ0n) is 15.2. The lowest BCUT2D eigenvalue weighted by molar-refractivity contribution is 0.0735. The molecule has 2 aromatic rings. The maximum absolute atomic E-state index is 12.6. The van der Waals surface area contributed by atoms with E-state index in [0.29, 0.717) is 43.7 Å². The number of hydrogen-bond donors (Lipinski definition) is 1. The SMILES string of the molecule is CCNc1cc(C)nc(N2CCN(C(=O)c3cc(C4CC4)on3)CC2)n1. The van der Waals surface area contributed by atoms with Gasteiger partial charge in [0.1, 0.15) is 11.6 Å². The molecule has 2 fully saturated rings. The molecule has 0 atom stereocenters. The fraction of sp³-hybridized carbons (Fsp3) is 0.556. The van der Waals surface area contributed by atoms with E-state index in [0.717, 1.165) is 36.7 Å². The maximum Gasteiger partial charge on any atom is 0.276 e. The van der Waals surface area contributed by atoms with Gasteiger partial charge in [-0.15, -0.1) is 0 Å². The third-order valence-corrected chi connectivity index (χ3v) is 4.78. The van der Waals surface area contributed by atoms with Gasteiger partial charge in [-0.05, 0) is 26.7 Å². The van der Waals surface area contributed by atoms with Gasteiger partial charge in [0.2, 0.25) is 5.95 Å². The molecule has 3 heterocycles. The summed E-state index contributed by atoms with van der Waals surface area (Å²) < 4.78 is 5.31. The Labute approximate surface area is 152 Å². The van der Waals surface area contributed by atoms with Crippen molar-refractivity contribution in [1.82, 2.24) is 20.0 Å². The van der Waals surface area contributed by atoms with Crippen LogP contribution in [0.25, 0.3) is 0 Å². The Kier molecular flexibility index (Phi) is 4.48. The van der Waals surface area contributed by atoms with Gasteiger partial charge in [0, 0.05) is 56.5 Å². The number of piperazine rings is 1. The molecule has 0 bridgehead atoms. The van der Waals surface area contributed by atoms with Crippen molar-refractivity contribution in [2.24, 2.45) is 0 Å². The summed E-state index contributed by atoms with van der Waals surface area (Å²) >= 11 is 0. The number of hydrogen-bond acceptors (Lipinski definition) is 7. The molecule has 0 radical (unpaired) electrons. The topological polar surface area (TPSA) is 87.4 Å². The monoisotopic (exact) mass is 356 g/mol. The standard InChI is InChI=1S/C18H24N6O2/c1-3-19-16-10-12(2)20-18(21-16)24-8-6-23(7-9-24)17(25)14-11-15(26-22-14)13-4-5-13/h10-11,13H,3-9H2,1-2H3,(H,19,20,21). The first-order chi connectivity index (χ1) is 12.6. The number of carbonyl (C=O) groups excluding carboxylic acids is 1. The van der Waals surface area contributed by atoms with E-state index in [2.05, 4.69) is 25.3 Å². The van der Waals surface area contributed by atoms with Crippen molar-refractivity contribution < 1.29 is 9.32 Å². The summed E-state index contributed by atoms with van der Waals surface area (Å²) in [6.45, 7) is 7.48. The third kappa shape index (κ3) is 3.49. The number of carbonyl (C=O) groups is 1. The molecule has 1 aliphatic heterocycles. The summed E-state index contributed by atoms with van der Waals surface area (Å²) in [5.74, 6) is 2.80. The molecular weight excluding hydrogens is 332 g/mol. The van der Waals surface area contributed by atoms with Gasteiger partial charge in [0.15, 0.2) is 5.69 Å². The third-order valence-electron chi connectivity index (χ3n) is 4.78. The lowest BCUT2D eigenvalue weighted by atomic mass is 10.2. The van der Waals surface area contributed by atoms with Gasteiger partial charge in [-0.3, -0.25) is 4.79 Å². The Morgan fingerprint density at radius 1 is 1.23 bits per heavy atom. The number of rotatable bonds is 5. The number of nitrogens with zero attached hydrogens (tertiary/aromatic N) is 5. The first kappa shape index (κ1) is 16.8. The minimum absolute atomic E-state index is 0.0567. The van der Waals surface area contributed by atoms with Gasteiger partial charge in [-0.2, -0.15) is 4.98 Å². The van der Waals surface area contributed by atoms with E-state index in [4.69, 9.17) is 4.52 Å². The summed E-state index contributed by atoms with van der Waals surface area (Å²) in [4.78, 5) is 25.7. The lowest BCUT2D eigenvalue weighted by Gasteiger charge is -2.34. The van der Waals surface area contributed by atoms with Crippen LogP contribution in [-0.4, -0.2) is 58.7 Å². The number of aromatic nitrogens is 3. The van der Waals surface area contributed by atoms with E-state index in [9.17, 15) is 4.79 Å². The molecule has 1 aliphatic carbocycles. The molecule has 8 heteroatoms. The van der Waals surface area contributed by atoms with E-state index in [-0.39, 0.29) is 5.91 Å². The highest BCUT2D eigenvalue weighted by atomic mass is 16.5. The minimum atomic E-state index is -0.0567. The van der Waals surface area contributed by atoms with Crippen molar-refractivity contribution in [3.8, 4) is 0 Å². The Morgan fingerprint density at radius 3 is 2.69 bits per heavy atom. The van der Waals surface area contributed by atoms with Gasteiger partial charge >= 0.3 is 0 Å². The Balaban J connectivity index is 1.39. The van der Waals surface area contributed by atoms with Gasteiger partial charge in [0.25, 0.3) is 5.91 Å². The van der Waals surface area contributed by atoms with Crippen LogP contribution in [0, 0.1) is 6.92 Å². The molecule has 2 aliphatic rings. The minimum Gasteiger partial charge on any atom is -0.370 e. The largest absolute Gasteiger partial charge is 0.370 e. The van der Waals surface area contributed by atoms with Crippen LogP contribution in [0.3, 0.4) is 0 Å². The van der Waals surface area contributed by atoms with Crippen LogP contribution in [0.5, 0.6) is 0 Å². The van der Waals surface area contributed by atoms with E-state index in [1.807, 2.05) is 24.8 Å². The Bertz CT molecular complexity index is 793. The predicted molar refractivity (Wildman–Crippen MR) is 97.5 cm³/mol. The molecule has 1 saturated heterocycles. The van der Waals surface area contributed by atoms with Crippen LogP contribution in [0.15, 0.2) is 16.7 Å². The lowest BCUT2D eigenvalue weighted by Crippen LogP contribution is -2.49. The maximum atomic E-state index is 12.6. The summed E-state index contributed by atoms with van der Waals surface area (Å²) in [5, 5.41) is 7.19. The first-order valence-corrected chi connectivity index (χ1v) is 9.24. The first-order valence-electron chi connectivity index (χ1n) is 9.24. The zero-order chi connectivity index (χ0) is 18.1. The smallest absolute Gasteiger partial charge is 0.276 e. The molecule has 26 heavy (non-hydrogen) atoms. The highest BCUT2D eigenvalue weighted by Crippen LogP contribution is 2.40. The van der Waals surface area contributed by atoms with Crippen LogP contribution >= 0.6 is 0 Å². The zero-order valence-corrected chi connectivity index (χ0v) is 15.2. The van der Waals surface area contributed by atoms with Gasteiger partial charge in [-0.25, -0.2) is 4.98 Å². The fourth-order valence-corrected chi connectivity index (χ4v) is 3.19. The molecule has 8 nitrogen and oxygen atoms in total. The second kappa shape index (κ2) is 6.93. The average molecular weight is 356 g/mol. The highest BCUT2D eigenvalue weighted by molar-refractivity contribution is 5.92. The van der Waals surface area contributed by atoms with Crippen LogP contribution in [0.2, 0.25) is 0 Å². The van der Waals surface area contributed by atoms with Crippen LogP contribution in [0.1, 0.15) is 47.6 Å². The number of nitrogens with one attached hydrogen (secondary N) is 1. The summed E-state index contributed by atoms with van der Waals surface area (Å²) in [5.41, 5.74) is 1.35. The Morgan fingerprint density at radius 2 is 2.00 bits per heavy atom. The summed E-state index contributed by atoms with van der Waals surface area (Å²) in [7, 11) is 0. The fourth-order valence-electron chi connectivity index (χ4n) is 3.19. The van der Waals surface area contributed by atoms with Gasteiger partial charge in [0.05, 0.1) is 0 Å². The number of aryl methyl sites for hydroxylation is 1.